The van der Waals surface area contributed by atoms with Crippen molar-refractivity contribution in [2.45, 2.75) is 37.3 Å². The fourth-order valence-electron chi connectivity index (χ4n) is 3.12. The lowest BCUT2D eigenvalue weighted by molar-refractivity contribution is -0.131. The first-order chi connectivity index (χ1) is 13.3. The van der Waals surface area contributed by atoms with Gasteiger partial charge in [0.2, 0.25) is 5.91 Å². The minimum atomic E-state index is -1.12. The molecule has 7 heteroatoms. The van der Waals surface area contributed by atoms with Crippen LogP contribution in [0, 0.1) is 0 Å². The minimum Gasteiger partial charge on any atom is -0.449 e. The second-order valence-electron chi connectivity index (χ2n) is 6.95. The Kier molecular flexibility index (Phi) is 5.47. The van der Waals surface area contributed by atoms with Gasteiger partial charge >= 0.3 is 5.97 Å². The number of rotatable bonds is 4. The number of hydrogen-bond donors (Lipinski definition) is 1. The molecule has 2 aromatic carbocycles. The van der Waals surface area contributed by atoms with Gasteiger partial charge in [-0.1, -0.05) is 24.3 Å². The summed E-state index contributed by atoms with van der Waals surface area (Å²) in [5.41, 5.74) is 0.408. The van der Waals surface area contributed by atoms with Crippen LogP contribution >= 0.6 is 11.8 Å². The molecule has 3 rings (SSSR count). The predicted molar refractivity (Wildman–Crippen MR) is 110 cm³/mol. The molecule has 2 amide bonds. The van der Waals surface area contributed by atoms with E-state index in [1.807, 2.05) is 18.4 Å². The first kappa shape index (κ1) is 19.9. The molecule has 2 aromatic rings. The molecule has 0 saturated heterocycles. The fourth-order valence-corrected chi connectivity index (χ4v) is 3.70. The largest absolute Gasteiger partial charge is 0.449 e. The van der Waals surface area contributed by atoms with Gasteiger partial charge in [-0.2, -0.15) is 0 Å². The summed E-state index contributed by atoms with van der Waals surface area (Å²) in [6.07, 6.45) is 0.813. The number of anilines is 2. The van der Waals surface area contributed by atoms with Crippen LogP contribution in [0.15, 0.2) is 53.4 Å². The van der Waals surface area contributed by atoms with E-state index in [2.05, 4.69) is 5.32 Å². The van der Waals surface area contributed by atoms with Crippen molar-refractivity contribution in [1.29, 1.82) is 0 Å². The van der Waals surface area contributed by atoms with Crippen molar-refractivity contribution in [2.75, 3.05) is 16.5 Å². The highest BCUT2D eigenvalue weighted by Crippen LogP contribution is 2.37. The van der Waals surface area contributed by atoms with Crippen molar-refractivity contribution in [1.82, 2.24) is 0 Å². The topological polar surface area (TPSA) is 75.7 Å². The second kappa shape index (κ2) is 7.67. The van der Waals surface area contributed by atoms with Gasteiger partial charge in [0.1, 0.15) is 5.54 Å². The molecule has 1 N–H and O–H groups in total. The molecule has 0 saturated carbocycles. The van der Waals surface area contributed by atoms with E-state index in [0.717, 1.165) is 4.90 Å². The van der Waals surface area contributed by atoms with Gasteiger partial charge in [0.25, 0.3) is 5.91 Å². The second-order valence-corrected chi connectivity index (χ2v) is 7.80. The summed E-state index contributed by atoms with van der Waals surface area (Å²) < 4.78 is 5.46. The molecule has 0 radical (unpaired) electrons. The van der Waals surface area contributed by atoms with E-state index in [0.29, 0.717) is 16.9 Å². The van der Waals surface area contributed by atoms with Gasteiger partial charge in [-0.15, -0.1) is 11.8 Å². The summed E-state index contributed by atoms with van der Waals surface area (Å²) in [7, 11) is 0. The van der Waals surface area contributed by atoms with Crippen LogP contribution in [0.5, 0.6) is 0 Å². The first-order valence-corrected chi connectivity index (χ1v) is 10.1. The van der Waals surface area contributed by atoms with Crippen LogP contribution in [-0.4, -0.2) is 35.7 Å². The van der Waals surface area contributed by atoms with E-state index in [-0.39, 0.29) is 5.91 Å². The molecule has 0 aliphatic carbocycles. The highest BCUT2D eigenvalue weighted by atomic mass is 32.2. The number of thioether (sulfide) groups is 1. The molecule has 28 heavy (non-hydrogen) atoms. The highest BCUT2D eigenvalue weighted by molar-refractivity contribution is 7.98. The molecular formula is C21H22N2O4S. The molecule has 146 valence electrons. The molecule has 1 aliphatic heterocycles. The molecule has 6 nitrogen and oxygen atoms in total. The number of carbonyl (C=O) groups is 3. The number of amides is 2. The molecule has 0 aromatic heterocycles. The summed E-state index contributed by atoms with van der Waals surface area (Å²) in [5.74, 6) is -1.33. The Balaban J connectivity index is 1.88. The van der Waals surface area contributed by atoms with Crippen LogP contribution in [0.25, 0.3) is 0 Å². The van der Waals surface area contributed by atoms with Crippen LogP contribution in [-0.2, 0) is 14.3 Å². The normalized spacial score (nSPS) is 16.0. The van der Waals surface area contributed by atoms with Crippen LogP contribution < -0.4 is 10.2 Å². The summed E-state index contributed by atoms with van der Waals surface area (Å²) in [6, 6.07) is 14.1. The van der Waals surface area contributed by atoms with Gasteiger partial charge in [-0.25, -0.2) is 4.79 Å². The van der Waals surface area contributed by atoms with E-state index < -0.39 is 23.5 Å². The molecule has 1 aliphatic rings. The molecule has 0 bridgehead atoms. The van der Waals surface area contributed by atoms with Gasteiger partial charge in [-0.3, -0.25) is 14.5 Å². The first-order valence-electron chi connectivity index (χ1n) is 8.86. The molecular weight excluding hydrogens is 376 g/mol. The Morgan fingerprint density at radius 1 is 1.11 bits per heavy atom. The molecule has 0 spiro atoms. The monoisotopic (exact) mass is 398 g/mol. The average Bonchev–Trinajstić information content (AvgIpc) is 2.68. The van der Waals surface area contributed by atoms with Gasteiger partial charge < -0.3 is 10.1 Å². The van der Waals surface area contributed by atoms with E-state index in [1.54, 1.807) is 50.2 Å². The smallest absolute Gasteiger partial charge is 0.340 e. The zero-order valence-corrected chi connectivity index (χ0v) is 17.0. The van der Waals surface area contributed by atoms with Gasteiger partial charge in [0, 0.05) is 4.90 Å². The molecule has 1 atom stereocenters. The summed E-state index contributed by atoms with van der Waals surface area (Å²) in [6.45, 7) is 4.84. The van der Waals surface area contributed by atoms with E-state index in [4.69, 9.17) is 4.74 Å². The number of ether oxygens (including phenoxy) is 1. The van der Waals surface area contributed by atoms with Gasteiger partial charge in [0.15, 0.2) is 6.10 Å². The molecule has 0 unspecified atom stereocenters. The Morgan fingerprint density at radius 3 is 2.46 bits per heavy atom. The fraction of sp³-hybridized carbons (Fsp3) is 0.286. The third kappa shape index (κ3) is 3.49. The maximum absolute atomic E-state index is 13.2. The number of carbonyl (C=O) groups excluding carboxylic acids is 3. The maximum Gasteiger partial charge on any atom is 0.340 e. The standard InChI is InChI=1S/C21H22N2O4S/c1-13(27-19(25)14-9-5-8-12-17(14)28-4)18(24)23-16-11-7-6-10-15(16)22-20(26)21(23,2)3/h5-13H,1-4H3,(H,22,26)/t13-/m0/s1. The van der Waals surface area contributed by atoms with Crippen molar-refractivity contribution in [3.63, 3.8) is 0 Å². The lowest BCUT2D eigenvalue weighted by Gasteiger charge is -2.42. The SMILES string of the molecule is CSc1ccccc1C(=O)O[C@@H](C)C(=O)N1c2ccccc2NC(=O)C1(C)C. The highest BCUT2D eigenvalue weighted by Gasteiger charge is 2.45. The summed E-state index contributed by atoms with van der Waals surface area (Å²) in [5, 5.41) is 2.81. The van der Waals surface area contributed by atoms with Crippen LogP contribution in [0.3, 0.4) is 0 Å². The number of fused-ring (bicyclic) bond motifs is 1. The van der Waals surface area contributed by atoms with E-state index >= 15 is 0 Å². The number of hydrogen-bond acceptors (Lipinski definition) is 5. The number of nitrogens with one attached hydrogen (secondary N) is 1. The zero-order valence-electron chi connectivity index (χ0n) is 16.2. The van der Waals surface area contributed by atoms with E-state index in [9.17, 15) is 14.4 Å². The molecule has 0 fully saturated rings. The Morgan fingerprint density at radius 2 is 1.75 bits per heavy atom. The maximum atomic E-state index is 13.2. The lowest BCUT2D eigenvalue weighted by Crippen LogP contribution is -2.60. The third-order valence-corrected chi connectivity index (χ3v) is 5.48. The summed E-state index contributed by atoms with van der Waals surface area (Å²) in [4.78, 5) is 40.5. The number of para-hydroxylation sites is 2. The number of esters is 1. The van der Waals surface area contributed by atoms with Crippen molar-refractivity contribution >= 4 is 40.9 Å². The van der Waals surface area contributed by atoms with Crippen LogP contribution in [0.2, 0.25) is 0 Å². The van der Waals surface area contributed by atoms with Crippen LogP contribution in [0.4, 0.5) is 11.4 Å². The van der Waals surface area contributed by atoms with Gasteiger partial charge in [-0.05, 0) is 51.3 Å². The third-order valence-electron chi connectivity index (χ3n) is 4.69. The quantitative estimate of drug-likeness (QED) is 0.628. The zero-order chi connectivity index (χ0) is 20.5. The number of nitrogens with zero attached hydrogens (tertiary/aromatic N) is 1. The van der Waals surface area contributed by atoms with Crippen molar-refractivity contribution in [3.05, 3.63) is 54.1 Å². The number of benzene rings is 2. The van der Waals surface area contributed by atoms with Crippen molar-refractivity contribution < 1.29 is 19.1 Å². The molecule has 1 heterocycles. The Hall–Kier alpha value is -2.80. The van der Waals surface area contributed by atoms with Crippen LogP contribution in [0.1, 0.15) is 31.1 Å². The Bertz CT molecular complexity index is 942. The van der Waals surface area contributed by atoms with Crippen molar-refractivity contribution in [2.24, 2.45) is 0 Å². The minimum absolute atomic E-state index is 0.300. The van der Waals surface area contributed by atoms with Gasteiger partial charge in [0.05, 0.1) is 16.9 Å². The van der Waals surface area contributed by atoms with E-state index in [1.165, 1.54) is 23.6 Å². The summed E-state index contributed by atoms with van der Waals surface area (Å²) >= 11 is 1.43. The lowest BCUT2D eigenvalue weighted by atomic mass is 9.95. The predicted octanol–water partition coefficient (Wildman–Crippen LogP) is 3.72. The Labute approximate surface area is 168 Å². The average molecular weight is 398 g/mol. The van der Waals surface area contributed by atoms with Crippen molar-refractivity contribution in [3.8, 4) is 0 Å².